The maximum Gasteiger partial charge on any atom is 0.274 e. The van der Waals surface area contributed by atoms with Crippen molar-refractivity contribution in [3.05, 3.63) is 41.4 Å². The number of nitrogens with zero attached hydrogens (tertiary/aromatic N) is 2. The maximum atomic E-state index is 11.2. The van der Waals surface area contributed by atoms with Crippen LogP contribution in [0.4, 0.5) is 0 Å². The molecule has 0 atom stereocenters. The maximum absolute atomic E-state index is 11.2. The Bertz CT molecular complexity index is 849. The zero-order valence-corrected chi connectivity index (χ0v) is 13.6. The van der Waals surface area contributed by atoms with E-state index in [1.54, 1.807) is 0 Å². The molecule has 3 aromatic rings. The highest BCUT2D eigenvalue weighted by Crippen LogP contribution is 2.32. The quantitative estimate of drug-likeness (QED) is 0.631. The number of aromatic nitrogens is 2. The first-order valence-corrected chi connectivity index (χ1v) is 7.65. The molecule has 0 spiro atoms. The summed E-state index contributed by atoms with van der Waals surface area (Å²) in [5.74, 6) is 0.849. The fourth-order valence-electron chi connectivity index (χ4n) is 2.47. The smallest absolute Gasteiger partial charge is 0.274 e. The van der Waals surface area contributed by atoms with E-state index in [9.17, 15) is 4.79 Å². The Hall–Kier alpha value is -1.78. The Morgan fingerprint density at radius 2 is 2.18 bits per heavy atom. The van der Waals surface area contributed by atoms with E-state index >= 15 is 0 Å². The minimum absolute atomic E-state index is 0.100. The lowest BCUT2D eigenvalue weighted by molar-refractivity contribution is 0.107. The van der Waals surface area contributed by atoms with Crippen molar-refractivity contribution in [1.82, 2.24) is 9.55 Å². The summed E-state index contributed by atoms with van der Waals surface area (Å²) in [7, 11) is 0. The number of oxazole rings is 1. The molecule has 0 unspecified atom stereocenters. The average molecular weight is 337 g/mol. The highest BCUT2D eigenvalue weighted by atomic mass is 35.5. The van der Waals surface area contributed by atoms with Crippen LogP contribution in [-0.4, -0.2) is 14.8 Å². The Morgan fingerprint density at radius 3 is 2.82 bits per heavy atom. The van der Waals surface area contributed by atoms with Crippen molar-refractivity contribution in [2.45, 2.75) is 20.4 Å². The number of halogens is 2. The van der Waals surface area contributed by atoms with Gasteiger partial charge in [0.2, 0.25) is 5.89 Å². The molecule has 6 heteroatoms. The number of hydrogen-bond donors (Lipinski definition) is 0. The predicted molar refractivity (Wildman–Crippen MR) is 87.5 cm³/mol. The molecular weight excluding hydrogens is 323 g/mol. The molecule has 4 nitrogen and oxygen atoms in total. The van der Waals surface area contributed by atoms with Crippen molar-refractivity contribution in [3.8, 4) is 11.5 Å². The standard InChI is InChI=1S/C16H14Cl2N2O2/c1-9(2)6-20-7-12(11-5-10(17)3-4-14(11)20)16-19-13(8-22-16)15(18)21/h3-5,7-9H,6H2,1-2H3. The monoisotopic (exact) mass is 336 g/mol. The molecule has 114 valence electrons. The van der Waals surface area contributed by atoms with Gasteiger partial charge in [-0.25, -0.2) is 4.98 Å². The van der Waals surface area contributed by atoms with Gasteiger partial charge in [-0.2, -0.15) is 0 Å². The van der Waals surface area contributed by atoms with Crippen molar-refractivity contribution in [2.75, 3.05) is 0 Å². The molecule has 0 aliphatic carbocycles. The molecule has 22 heavy (non-hydrogen) atoms. The topological polar surface area (TPSA) is 48.0 Å². The van der Waals surface area contributed by atoms with Gasteiger partial charge in [-0.15, -0.1) is 0 Å². The van der Waals surface area contributed by atoms with E-state index in [-0.39, 0.29) is 5.69 Å². The highest BCUT2D eigenvalue weighted by Gasteiger charge is 2.17. The van der Waals surface area contributed by atoms with Crippen molar-refractivity contribution in [2.24, 2.45) is 5.92 Å². The summed E-state index contributed by atoms with van der Waals surface area (Å²) in [5, 5.41) is 0.929. The minimum atomic E-state index is -0.640. The Balaban J connectivity index is 2.19. The van der Waals surface area contributed by atoms with Gasteiger partial charge in [0.15, 0.2) is 5.69 Å². The first-order valence-electron chi connectivity index (χ1n) is 6.90. The zero-order valence-electron chi connectivity index (χ0n) is 12.1. The van der Waals surface area contributed by atoms with E-state index < -0.39 is 5.24 Å². The summed E-state index contributed by atoms with van der Waals surface area (Å²) in [6, 6.07) is 5.70. The lowest BCUT2D eigenvalue weighted by Gasteiger charge is -2.07. The highest BCUT2D eigenvalue weighted by molar-refractivity contribution is 6.67. The van der Waals surface area contributed by atoms with Crippen LogP contribution in [0.5, 0.6) is 0 Å². The third-order valence-electron chi connectivity index (χ3n) is 3.34. The van der Waals surface area contributed by atoms with E-state index in [4.69, 9.17) is 27.6 Å². The summed E-state index contributed by atoms with van der Waals surface area (Å²) >= 11 is 11.5. The van der Waals surface area contributed by atoms with Crippen LogP contribution in [-0.2, 0) is 6.54 Å². The predicted octanol–water partition coefficient (Wildman–Crippen LogP) is 4.98. The van der Waals surface area contributed by atoms with E-state index in [0.717, 1.165) is 23.0 Å². The van der Waals surface area contributed by atoms with Gasteiger partial charge in [0.05, 0.1) is 5.56 Å². The van der Waals surface area contributed by atoms with Crippen molar-refractivity contribution in [1.29, 1.82) is 0 Å². The fraction of sp³-hybridized carbons (Fsp3) is 0.250. The fourth-order valence-corrected chi connectivity index (χ4v) is 2.73. The third-order valence-corrected chi connectivity index (χ3v) is 3.77. The second-order valence-electron chi connectivity index (χ2n) is 5.56. The first kappa shape index (κ1) is 15.1. The minimum Gasteiger partial charge on any atom is -0.444 e. The summed E-state index contributed by atoms with van der Waals surface area (Å²) in [5.41, 5.74) is 1.94. The van der Waals surface area contributed by atoms with Crippen LogP contribution in [0.3, 0.4) is 0 Å². The first-order chi connectivity index (χ1) is 10.5. The zero-order chi connectivity index (χ0) is 15.9. The van der Waals surface area contributed by atoms with E-state index in [0.29, 0.717) is 16.8 Å². The average Bonchev–Trinajstić information content (AvgIpc) is 3.03. The van der Waals surface area contributed by atoms with Gasteiger partial charge in [-0.1, -0.05) is 25.4 Å². The molecule has 0 saturated carbocycles. The van der Waals surface area contributed by atoms with Gasteiger partial charge < -0.3 is 8.98 Å². The largest absolute Gasteiger partial charge is 0.444 e. The number of carbonyl (C=O) groups is 1. The molecule has 0 saturated heterocycles. The molecule has 1 aromatic carbocycles. The van der Waals surface area contributed by atoms with Crippen molar-refractivity contribution >= 4 is 39.3 Å². The SMILES string of the molecule is CC(C)Cn1cc(-c2nc(C(=O)Cl)co2)c2cc(Cl)ccc21. The number of rotatable bonds is 4. The summed E-state index contributed by atoms with van der Waals surface area (Å²) in [4.78, 5) is 15.3. The molecule has 0 aliphatic heterocycles. The molecular formula is C16H14Cl2N2O2. The molecule has 2 heterocycles. The molecule has 0 fully saturated rings. The van der Waals surface area contributed by atoms with Crippen LogP contribution in [0.25, 0.3) is 22.4 Å². The second-order valence-corrected chi connectivity index (χ2v) is 6.34. The summed E-state index contributed by atoms with van der Waals surface area (Å²) in [6.07, 6.45) is 3.23. The van der Waals surface area contributed by atoms with Gasteiger partial charge >= 0.3 is 0 Å². The van der Waals surface area contributed by atoms with Crippen LogP contribution in [0, 0.1) is 5.92 Å². The Labute approximate surface area is 137 Å². The number of carbonyl (C=O) groups excluding carboxylic acids is 1. The van der Waals surface area contributed by atoms with Crippen LogP contribution in [0.15, 0.2) is 35.1 Å². The van der Waals surface area contributed by atoms with Gasteiger partial charge in [0, 0.05) is 28.7 Å². The molecule has 0 aliphatic rings. The number of fused-ring (bicyclic) bond motifs is 1. The van der Waals surface area contributed by atoms with Crippen molar-refractivity contribution in [3.63, 3.8) is 0 Å². The summed E-state index contributed by atoms with van der Waals surface area (Å²) in [6.45, 7) is 5.16. The van der Waals surface area contributed by atoms with Crippen LogP contribution in [0.2, 0.25) is 5.02 Å². The molecule has 0 bridgehead atoms. The number of benzene rings is 1. The van der Waals surface area contributed by atoms with Crippen LogP contribution < -0.4 is 0 Å². The summed E-state index contributed by atoms with van der Waals surface area (Å²) < 4.78 is 7.54. The molecule has 0 N–H and O–H groups in total. The molecule has 2 aromatic heterocycles. The van der Waals surface area contributed by atoms with Gasteiger partial charge in [-0.05, 0) is 35.7 Å². The lowest BCUT2D eigenvalue weighted by atomic mass is 10.2. The van der Waals surface area contributed by atoms with E-state index in [1.807, 2.05) is 24.4 Å². The molecule has 3 rings (SSSR count). The van der Waals surface area contributed by atoms with E-state index in [1.165, 1.54) is 6.26 Å². The van der Waals surface area contributed by atoms with Crippen molar-refractivity contribution < 1.29 is 9.21 Å². The Morgan fingerprint density at radius 1 is 1.41 bits per heavy atom. The molecule has 0 amide bonds. The lowest BCUT2D eigenvalue weighted by Crippen LogP contribution is -2.02. The normalized spacial score (nSPS) is 11.5. The van der Waals surface area contributed by atoms with Crippen LogP contribution >= 0.6 is 23.2 Å². The second kappa shape index (κ2) is 5.78. The van der Waals surface area contributed by atoms with E-state index in [2.05, 4.69) is 23.4 Å². The third kappa shape index (κ3) is 2.76. The number of hydrogen-bond acceptors (Lipinski definition) is 3. The van der Waals surface area contributed by atoms with Crippen LogP contribution in [0.1, 0.15) is 24.3 Å². The van der Waals surface area contributed by atoms with Gasteiger partial charge in [0.25, 0.3) is 5.24 Å². The van der Waals surface area contributed by atoms with Gasteiger partial charge in [0.1, 0.15) is 6.26 Å². The molecule has 0 radical (unpaired) electrons. The Kier molecular flexibility index (Phi) is 3.98. The van der Waals surface area contributed by atoms with Gasteiger partial charge in [-0.3, -0.25) is 4.79 Å².